The maximum absolute atomic E-state index is 10.3. The first-order chi connectivity index (χ1) is 7.08. The largest absolute Gasteiger partial charge is 0.451 e. The second-order valence-corrected chi connectivity index (χ2v) is 4.17. The van der Waals surface area contributed by atoms with Gasteiger partial charge in [0.1, 0.15) is 0 Å². The number of carbonyl (C=O) groups is 1. The third-order valence-corrected chi connectivity index (χ3v) is 3.09. The van der Waals surface area contributed by atoms with Crippen molar-refractivity contribution in [2.45, 2.75) is 44.1 Å². The van der Waals surface area contributed by atoms with Gasteiger partial charge in [0, 0.05) is 12.3 Å². The van der Waals surface area contributed by atoms with Crippen molar-refractivity contribution in [3.8, 4) is 0 Å². The van der Waals surface area contributed by atoms with Crippen molar-refractivity contribution in [2.75, 3.05) is 0 Å². The van der Waals surface area contributed by atoms with E-state index < -0.39 is 12.8 Å². The third kappa shape index (κ3) is 3.48. The van der Waals surface area contributed by atoms with E-state index in [9.17, 15) is 4.79 Å². The smallest absolute Gasteiger partial charge is 0.446 e. The highest BCUT2D eigenvalue weighted by atomic mass is 16.5. The number of hydrogen-bond acceptors (Lipinski definition) is 5. The summed E-state index contributed by atoms with van der Waals surface area (Å²) in [5, 5.41) is 17.4. The van der Waals surface area contributed by atoms with Crippen LogP contribution in [0.2, 0.25) is 6.32 Å². The van der Waals surface area contributed by atoms with Crippen LogP contribution in [-0.2, 0) is 9.53 Å². The van der Waals surface area contributed by atoms with Crippen molar-refractivity contribution >= 4 is 13.6 Å². The van der Waals surface area contributed by atoms with E-state index in [4.69, 9.17) is 20.5 Å². The van der Waals surface area contributed by atoms with Gasteiger partial charge in [0.25, 0.3) is 6.47 Å². The first-order valence-electron chi connectivity index (χ1n) is 5.35. The summed E-state index contributed by atoms with van der Waals surface area (Å²) in [6, 6.07) is 0. The molecule has 0 heterocycles. The van der Waals surface area contributed by atoms with E-state index >= 15 is 0 Å². The zero-order valence-electron chi connectivity index (χ0n) is 8.76. The Morgan fingerprint density at radius 3 is 2.93 bits per heavy atom. The summed E-state index contributed by atoms with van der Waals surface area (Å²) in [5.41, 5.74) is 5.12. The lowest BCUT2D eigenvalue weighted by Crippen LogP contribution is -2.45. The molecular formula is C9H18BNO4. The van der Waals surface area contributed by atoms with E-state index in [-0.39, 0.29) is 5.92 Å². The molecule has 2 atom stereocenters. The molecule has 0 aliphatic heterocycles. The maximum atomic E-state index is 10.3. The minimum Gasteiger partial charge on any atom is -0.446 e. The summed E-state index contributed by atoms with van der Waals surface area (Å²) in [5.74, 6) is 0.140. The highest BCUT2D eigenvalue weighted by Gasteiger charge is 2.40. The van der Waals surface area contributed by atoms with Gasteiger partial charge in [0.05, 0.1) is 0 Å². The van der Waals surface area contributed by atoms with Crippen LogP contribution < -0.4 is 5.73 Å². The van der Waals surface area contributed by atoms with Gasteiger partial charge in [0.2, 0.25) is 0 Å². The van der Waals surface area contributed by atoms with Crippen LogP contribution in [0.25, 0.3) is 0 Å². The van der Waals surface area contributed by atoms with Crippen molar-refractivity contribution in [1.29, 1.82) is 0 Å². The van der Waals surface area contributed by atoms with Gasteiger partial charge in [0.15, 0.2) is 5.72 Å². The van der Waals surface area contributed by atoms with Gasteiger partial charge in [-0.2, -0.15) is 0 Å². The molecule has 4 N–H and O–H groups in total. The molecule has 0 aromatic rings. The van der Waals surface area contributed by atoms with Crippen molar-refractivity contribution < 1.29 is 19.6 Å². The molecule has 86 valence electrons. The van der Waals surface area contributed by atoms with Crippen LogP contribution in [0.3, 0.4) is 0 Å². The molecule has 1 rings (SSSR count). The molecule has 1 aliphatic carbocycles. The van der Waals surface area contributed by atoms with Gasteiger partial charge >= 0.3 is 7.12 Å². The quantitative estimate of drug-likeness (QED) is 0.326. The zero-order valence-corrected chi connectivity index (χ0v) is 8.76. The Balaban J connectivity index is 2.36. The molecule has 6 heteroatoms. The first-order valence-corrected chi connectivity index (χ1v) is 5.35. The molecule has 0 unspecified atom stereocenters. The monoisotopic (exact) mass is 215 g/mol. The molecule has 5 nitrogen and oxygen atoms in total. The van der Waals surface area contributed by atoms with Crippen LogP contribution >= 0.6 is 0 Å². The average molecular weight is 215 g/mol. The SMILES string of the molecule is N[C@]1(OC=O)CCC[C@@H]1CCCB(O)O. The van der Waals surface area contributed by atoms with Crippen LogP contribution in [0.4, 0.5) is 0 Å². The highest BCUT2D eigenvalue weighted by Crippen LogP contribution is 2.37. The van der Waals surface area contributed by atoms with Crippen molar-refractivity contribution in [3.05, 3.63) is 0 Å². The lowest BCUT2D eigenvalue weighted by atomic mass is 9.81. The molecule has 0 aromatic carbocycles. The van der Waals surface area contributed by atoms with Gasteiger partial charge in [-0.3, -0.25) is 10.5 Å². The Hall–Kier alpha value is -0.585. The van der Waals surface area contributed by atoms with Gasteiger partial charge in [-0.05, 0) is 25.6 Å². The predicted octanol–water partition coefficient (Wildman–Crippen LogP) is -0.133. The van der Waals surface area contributed by atoms with E-state index in [2.05, 4.69) is 0 Å². The second kappa shape index (κ2) is 5.49. The highest BCUT2D eigenvalue weighted by molar-refractivity contribution is 6.40. The Labute approximate surface area is 89.7 Å². The molecule has 15 heavy (non-hydrogen) atoms. The van der Waals surface area contributed by atoms with Crippen LogP contribution in [0.5, 0.6) is 0 Å². The van der Waals surface area contributed by atoms with E-state index in [0.717, 1.165) is 19.3 Å². The summed E-state index contributed by atoms with van der Waals surface area (Å²) in [7, 11) is -1.26. The number of ether oxygens (including phenoxy) is 1. The number of hydrogen-bond donors (Lipinski definition) is 3. The summed E-state index contributed by atoms with van der Waals surface area (Å²) >= 11 is 0. The normalized spacial score (nSPS) is 30.2. The molecule has 0 bridgehead atoms. The summed E-state index contributed by atoms with van der Waals surface area (Å²) in [6.45, 7) is 0.402. The topological polar surface area (TPSA) is 92.8 Å². The average Bonchev–Trinajstić information content (AvgIpc) is 2.48. The maximum Gasteiger partial charge on any atom is 0.451 e. The molecule has 1 fully saturated rings. The third-order valence-electron chi connectivity index (χ3n) is 3.09. The molecule has 1 saturated carbocycles. The van der Waals surface area contributed by atoms with Gasteiger partial charge < -0.3 is 14.8 Å². The molecule has 0 radical (unpaired) electrons. The zero-order chi connectivity index (χ0) is 11.3. The van der Waals surface area contributed by atoms with Crippen LogP contribution in [0.1, 0.15) is 32.1 Å². The van der Waals surface area contributed by atoms with E-state index in [0.29, 0.717) is 25.6 Å². The molecule has 0 saturated heterocycles. The summed E-state index contributed by atoms with van der Waals surface area (Å²) in [4.78, 5) is 10.3. The van der Waals surface area contributed by atoms with Crippen molar-refractivity contribution in [2.24, 2.45) is 11.7 Å². The second-order valence-electron chi connectivity index (χ2n) is 4.17. The number of carbonyl (C=O) groups excluding carboxylic acids is 1. The fraction of sp³-hybridized carbons (Fsp3) is 0.889. The fourth-order valence-electron chi connectivity index (χ4n) is 2.25. The summed E-state index contributed by atoms with van der Waals surface area (Å²) in [6.07, 6.45) is 4.37. The van der Waals surface area contributed by atoms with Crippen LogP contribution in [-0.4, -0.2) is 29.4 Å². The molecule has 0 spiro atoms. The minimum atomic E-state index is -1.26. The van der Waals surface area contributed by atoms with Gasteiger partial charge in [-0.15, -0.1) is 0 Å². The Morgan fingerprint density at radius 2 is 2.33 bits per heavy atom. The molecule has 1 aliphatic rings. The Morgan fingerprint density at radius 1 is 1.60 bits per heavy atom. The molecule has 0 aromatic heterocycles. The number of nitrogens with two attached hydrogens (primary N) is 1. The van der Waals surface area contributed by atoms with Gasteiger partial charge in [-0.25, -0.2) is 0 Å². The fourth-order valence-corrected chi connectivity index (χ4v) is 2.25. The van der Waals surface area contributed by atoms with Crippen LogP contribution in [0.15, 0.2) is 0 Å². The van der Waals surface area contributed by atoms with Crippen molar-refractivity contribution in [1.82, 2.24) is 0 Å². The lowest BCUT2D eigenvalue weighted by Gasteiger charge is -2.29. The predicted molar refractivity (Wildman–Crippen MR) is 55.6 cm³/mol. The standard InChI is InChI=1S/C9H18BNO4/c11-9(15-7-12)5-1-3-8(9)4-2-6-10(13)14/h7-8,13-14H,1-6,11H2/t8-,9+/m1/s1. The van der Waals surface area contributed by atoms with E-state index in [1.54, 1.807) is 0 Å². The van der Waals surface area contributed by atoms with E-state index in [1.165, 1.54) is 0 Å². The first kappa shape index (κ1) is 12.5. The lowest BCUT2D eigenvalue weighted by molar-refractivity contribution is -0.147. The summed E-state index contributed by atoms with van der Waals surface area (Å²) < 4.78 is 4.93. The Bertz CT molecular complexity index is 214. The minimum absolute atomic E-state index is 0.140. The van der Waals surface area contributed by atoms with Gasteiger partial charge in [-0.1, -0.05) is 6.42 Å². The number of rotatable bonds is 6. The van der Waals surface area contributed by atoms with E-state index in [1.807, 2.05) is 0 Å². The van der Waals surface area contributed by atoms with Crippen LogP contribution in [0, 0.1) is 5.92 Å². The molecule has 0 amide bonds. The Kier molecular flexibility index (Phi) is 4.57. The molecular weight excluding hydrogens is 197 g/mol. The van der Waals surface area contributed by atoms with Crippen molar-refractivity contribution in [3.63, 3.8) is 0 Å².